The third kappa shape index (κ3) is 2.83. The minimum atomic E-state index is -1.10. The topological polar surface area (TPSA) is 60.3 Å². The van der Waals surface area contributed by atoms with Crippen molar-refractivity contribution in [2.75, 3.05) is 12.4 Å². The van der Waals surface area contributed by atoms with Gasteiger partial charge in [0, 0.05) is 7.05 Å². The molecule has 0 bridgehead atoms. The summed E-state index contributed by atoms with van der Waals surface area (Å²) in [5.74, 6) is -2.56. The number of aryl methyl sites for hydroxylation is 1. The second kappa shape index (κ2) is 5.97. The monoisotopic (exact) mass is 308 g/mol. The number of rotatable bonds is 3. The number of halogens is 2. The highest BCUT2D eigenvalue weighted by molar-refractivity contribution is 5.95. The predicted octanol–water partition coefficient (Wildman–Crippen LogP) is 2.50. The Morgan fingerprint density at radius 3 is 2.50 bits per heavy atom. The first-order valence-corrected chi connectivity index (χ1v) is 6.36. The third-order valence-corrected chi connectivity index (χ3v) is 3.15. The van der Waals surface area contributed by atoms with Crippen molar-refractivity contribution >= 4 is 17.5 Å². The number of pyridine rings is 1. The van der Waals surface area contributed by atoms with Gasteiger partial charge in [-0.05, 0) is 30.7 Å². The molecule has 0 amide bonds. The number of nitrogens with zero attached hydrogens (tertiary/aromatic N) is 1. The van der Waals surface area contributed by atoms with E-state index in [9.17, 15) is 18.4 Å². The lowest BCUT2D eigenvalue weighted by Crippen LogP contribution is -2.25. The van der Waals surface area contributed by atoms with E-state index in [1.165, 1.54) is 19.2 Å². The summed E-state index contributed by atoms with van der Waals surface area (Å²) >= 11 is 0. The van der Waals surface area contributed by atoms with E-state index >= 15 is 0 Å². The second-order valence-corrected chi connectivity index (χ2v) is 4.72. The number of nitrogens with one attached hydrogen (secondary N) is 1. The van der Waals surface area contributed by atoms with Gasteiger partial charge in [-0.1, -0.05) is 6.07 Å². The van der Waals surface area contributed by atoms with E-state index in [0.717, 1.165) is 17.7 Å². The molecule has 7 heteroatoms. The molecular weight excluding hydrogens is 294 g/mol. The van der Waals surface area contributed by atoms with Crippen molar-refractivity contribution in [3.63, 3.8) is 0 Å². The number of hydrogen-bond donors (Lipinski definition) is 1. The molecule has 0 unspecified atom stereocenters. The Bertz CT molecular complexity index is 800. The van der Waals surface area contributed by atoms with Gasteiger partial charge in [0.2, 0.25) is 0 Å². The highest BCUT2D eigenvalue weighted by atomic mass is 19.1. The molecule has 0 radical (unpaired) electrons. The smallest absolute Gasteiger partial charge is 0.341 e. The molecule has 0 saturated heterocycles. The van der Waals surface area contributed by atoms with Crippen LogP contribution in [0.4, 0.5) is 20.3 Å². The largest absolute Gasteiger partial charge is 0.465 e. The minimum Gasteiger partial charge on any atom is -0.465 e. The average Bonchev–Trinajstić information content (AvgIpc) is 2.49. The first-order valence-electron chi connectivity index (χ1n) is 6.36. The summed E-state index contributed by atoms with van der Waals surface area (Å²) in [4.78, 5) is 23.4. The lowest BCUT2D eigenvalue weighted by molar-refractivity contribution is 0.0600. The van der Waals surface area contributed by atoms with Crippen LogP contribution in [-0.4, -0.2) is 17.6 Å². The number of aromatic nitrogens is 1. The zero-order valence-electron chi connectivity index (χ0n) is 12.2. The summed E-state index contributed by atoms with van der Waals surface area (Å²) in [7, 11) is 2.40. The molecule has 0 aliphatic rings. The summed E-state index contributed by atoms with van der Waals surface area (Å²) in [6.45, 7) is 1.72. The maximum Gasteiger partial charge on any atom is 0.341 e. The van der Waals surface area contributed by atoms with Crippen molar-refractivity contribution in [2.45, 2.75) is 6.92 Å². The van der Waals surface area contributed by atoms with Gasteiger partial charge in [0.25, 0.3) is 5.56 Å². The predicted molar refractivity (Wildman–Crippen MR) is 77.4 cm³/mol. The van der Waals surface area contributed by atoms with Crippen molar-refractivity contribution in [3.8, 4) is 0 Å². The van der Waals surface area contributed by atoms with E-state index in [1.54, 1.807) is 13.0 Å². The Balaban J connectivity index is 2.60. The van der Waals surface area contributed by atoms with E-state index in [0.29, 0.717) is 5.56 Å². The van der Waals surface area contributed by atoms with E-state index in [-0.39, 0.29) is 17.1 Å². The third-order valence-electron chi connectivity index (χ3n) is 3.15. The highest BCUT2D eigenvalue weighted by Crippen LogP contribution is 2.23. The van der Waals surface area contributed by atoms with Gasteiger partial charge in [-0.25, -0.2) is 13.6 Å². The molecule has 1 aromatic carbocycles. The SMILES string of the molecule is COC(=O)c1cc(F)c(=O)n(C)c1Nc1ccc(C)cc1F. The van der Waals surface area contributed by atoms with Crippen LogP contribution in [0.25, 0.3) is 0 Å². The van der Waals surface area contributed by atoms with Gasteiger partial charge < -0.3 is 10.1 Å². The zero-order valence-corrected chi connectivity index (χ0v) is 12.2. The molecule has 22 heavy (non-hydrogen) atoms. The van der Waals surface area contributed by atoms with E-state index in [2.05, 4.69) is 10.1 Å². The van der Waals surface area contributed by atoms with Gasteiger partial charge in [-0.15, -0.1) is 0 Å². The van der Waals surface area contributed by atoms with Crippen LogP contribution in [0, 0.1) is 18.6 Å². The zero-order chi connectivity index (χ0) is 16.4. The summed E-state index contributed by atoms with van der Waals surface area (Å²) in [6.07, 6.45) is 0. The Hall–Kier alpha value is -2.70. The Kier molecular flexibility index (Phi) is 4.25. The molecule has 2 aromatic rings. The van der Waals surface area contributed by atoms with Crippen LogP contribution >= 0.6 is 0 Å². The minimum absolute atomic E-state index is 0.0531. The molecule has 2 rings (SSSR count). The highest BCUT2D eigenvalue weighted by Gasteiger charge is 2.20. The summed E-state index contributed by atoms with van der Waals surface area (Å²) < 4.78 is 32.9. The van der Waals surface area contributed by atoms with Crippen molar-refractivity contribution in [3.05, 3.63) is 57.4 Å². The number of ether oxygens (including phenoxy) is 1. The molecule has 1 heterocycles. The number of carbonyl (C=O) groups is 1. The number of methoxy groups -OCH3 is 1. The van der Waals surface area contributed by atoms with Gasteiger partial charge in [0.1, 0.15) is 17.2 Å². The maximum atomic E-state index is 13.9. The molecule has 0 saturated carbocycles. The molecule has 0 aliphatic heterocycles. The fourth-order valence-electron chi connectivity index (χ4n) is 1.97. The van der Waals surface area contributed by atoms with Gasteiger partial charge in [-0.2, -0.15) is 0 Å². The molecular formula is C15H14F2N2O3. The maximum absolute atomic E-state index is 13.9. The summed E-state index contributed by atoms with van der Waals surface area (Å²) in [5, 5.41) is 2.64. The number of esters is 1. The first-order chi connectivity index (χ1) is 10.3. The van der Waals surface area contributed by atoms with E-state index in [1.807, 2.05) is 0 Å². The number of carbonyl (C=O) groups excluding carboxylic acids is 1. The molecule has 0 fully saturated rings. The summed E-state index contributed by atoms with van der Waals surface area (Å²) in [6, 6.07) is 5.18. The van der Waals surface area contributed by atoms with Crippen molar-refractivity contribution in [1.29, 1.82) is 0 Å². The molecule has 116 valence electrons. The lowest BCUT2D eigenvalue weighted by Gasteiger charge is -2.15. The van der Waals surface area contributed by atoms with Crippen molar-refractivity contribution in [1.82, 2.24) is 4.57 Å². The van der Waals surface area contributed by atoms with Crippen molar-refractivity contribution < 1.29 is 18.3 Å². The molecule has 1 aromatic heterocycles. The van der Waals surface area contributed by atoms with Crippen LogP contribution in [0.5, 0.6) is 0 Å². The molecule has 1 N–H and O–H groups in total. The van der Waals surface area contributed by atoms with Gasteiger partial charge in [0.15, 0.2) is 5.82 Å². The Morgan fingerprint density at radius 1 is 1.23 bits per heavy atom. The van der Waals surface area contributed by atoms with E-state index < -0.39 is 23.2 Å². The molecule has 0 aliphatic carbocycles. The first kappa shape index (κ1) is 15.7. The van der Waals surface area contributed by atoms with Crippen molar-refractivity contribution in [2.24, 2.45) is 7.05 Å². The van der Waals surface area contributed by atoms with Gasteiger partial charge in [0.05, 0.1) is 12.8 Å². The quantitative estimate of drug-likeness (QED) is 0.885. The fraction of sp³-hybridized carbons (Fsp3) is 0.200. The fourth-order valence-corrected chi connectivity index (χ4v) is 1.97. The second-order valence-electron chi connectivity index (χ2n) is 4.72. The summed E-state index contributed by atoms with van der Waals surface area (Å²) in [5.41, 5.74) is -0.383. The van der Waals surface area contributed by atoms with Crippen LogP contribution in [0.3, 0.4) is 0 Å². The van der Waals surface area contributed by atoms with Gasteiger partial charge >= 0.3 is 5.97 Å². The normalized spacial score (nSPS) is 10.4. The lowest BCUT2D eigenvalue weighted by atomic mass is 10.2. The van der Waals surface area contributed by atoms with Crippen LogP contribution in [0.2, 0.25) is 0 Å². The Morgan fingerprint density at radius 2 is 1.91 bits per heavy atom. The number of hydrogen-bond acceptors (Lipinski definition) is 4. The standard InChI is InChI=1S/C15H14F2N2O3/c1-8-4-5-12(10(16)6-8)18-13-9(15(21)22-3)7-11(17)14(20)19(13)2/h4-7,18H,1-3H3. The van der Waals surface area contributed by atoms with Crippen LogP contribution in [0.15, 0.2) is 29.1 Å². The van der Waals surface area contributed by atoms with Gasteiger partial charge in [-0.3, -0.25) is 9.36 Å². The number of benzene rings is 1. The van der Waals surface area contributed by atoms with Crippen LogP contribution in [0.1, 0.15) is 15.9 Å². The van der Waals surface area contributed by atoms with E-state index in [4.69, 9.17) is 0 Å². The number of anilines is 2. The molecule has 5 nitrogen and oxygen atoms in total. The molecule has 0 spiro atoms. The van der Waals surface area contributed by atoms with Crippen LogP contribution in [-0.2, 0) is 11.8 Å². The average molecular weight is 308 g/mol. The Labute approximate surface area is 125 Å². The van der Waals surface area contributed by atoms with Crippen LogP contribution < -0.4 is 10.9 Å². The molecule has 0 atom stereocenters.